The van der Waals surface area contributed by atoms with Gasteiger partial charge in [-0.2, -0.15) is 0 Å². The molecule has 1 atom stereocenters. The molecule has 7 heteroatoms. The molecule has 0 radical (unpaired) electrons. The van der Waals surface area contributed by atoms with E-state index in [1.165, 1.54) is 18.2 Å². The van der Waals surface area contributed by atoms with E-state index in [-0.39, 0.29) is 29.2 Å². The Morgan fingerprint density at radius 3 is 2.36 bits per heavy atom. The van der Waals surface area contributed by atoms with Crippen molar-refractivity contribution in [3.63, 3.8) is 0 Å². The van der Waals surface area contributed by atoms with Crippen molar-refractivity contribution in [3.05, 3.63) is 41.5 Å². The summed E-state index contributed by atoms with van der Waals surface area (Å²) in [5, 5.41) is 48.2. The maximum atomic E-state index is 12.3. The van der Waals surface area contributed by atoms with Gasteiger partial charge in [-0.3, -0.25) is 4.79 Å². The average molecular weight is 304 g/mol. The van der Waals surface area contributed by atoms with Crippen LogP contribution in [0.25, 0.3) is 0 Å². The molecule has 1 aliphatic heterocycles. The largest absolute Gasteiger partial charge is 0.508 e. The van der Waals surface area contributed by atoms with Crippen LogP contribution in [0.2, 0.25) is 0 Å². The summed E-state index contributed by atoms with van der Waals surface area (Å²) in [6, 6.07) is 5.88. The molecule has 1 aliphatic rings. The number of aliphatic hydroxyl groups is 1. The van der Waals surface area contributed by atoms with E-state index >= 15 is 0 Å². The Bertz CT molecular complexity index is 784. The third-order valence-corrected chi connectivity index (χ3v) is 3.41. The number of benzene rings is 2. The molecular formula is C15H12O7. The lowest BCUT2D eigenvalue weighted by molar-refractivity contribution is -0.0889. The topological polar surface area (TPSA) is 127 Å². The first-order valence-corrected chi connectivity index (χ1v) is 6.33. The molecule has 0 amide bonds. The van der Waals surface area contributed by atoms with Crippen LogP contribution in [-0.2, 0) is 6.42 Å². The Morgan fingerprint density at radius 1 is 0.955 bits per heavy atom. The van der Waals surface area contributed by atoms with E-state index in [2.05, 4.69) is 0 Å². The van der Waals surface area contributed by atoms with Gasteiger partial charge in [0.2, 0.25) is 5.78 Å². The van der Waals surface area contributed by atoms with Gasteiger partial charge < -0.3 is 30.3 Å². The van der Waals surface area contributed by atoms with Gasteiger partial charge in [0, 0.05) is 18.6 Å². The fourth-order valence-electron chi connectivity index (χ4n) is 2.39. The summed E-state index contributed by atoms with van der Waals surface area (Å²) in [7, 11) is 0. The highest BCUT2D eigenvalue weighted by Gasteiger charge is 2.48. The van der Waals surface area contributed by atoms with E-state index in [0.717, 1.165) is 12.1 Å². The molecule has 1 heterocycles. The highest BCUT2D eigenvalue weighted by Crippen LogP contribution is 2.43. The molecule has 2 aromatic rings. The molecule has 2 aromatic carbocycles. The molecular weight excluding hydrogens is 292 g/mol. The van der Waals surface area contributed by atoms with Crippen LogP contribution in [0.5, 0.6) is 28.7 Å². The Kier molecular flexibility index (Phi) is 2.89. The number of hydrogen-bond acceptors (Lipinski definition) is 7. The van der Waals surface area contributed by atoms with Crippen molar-refractivity contribution in [1.82, 2.24) is 0 Å². The van der Waals surface area contributed by atoms with Gasteiger partial charge in [0.1, 0.15) is 22.8 Å². The van der Waals surface area contributed by atoms with Crippen LogP contribution < -0.4 is 4.74 Å². The van der Waals surface area contributed by atoms with Crippen molar-refractivity contribution < 1.29 is 35.1 Å². The lowest BCUT2D eigenvalue weighted by Gasteiger charge is -2.20. The zero-order chi connectivity index (χ0) is 16.1. The molecule has 3 rings (SSSR count). The number of phenolic OH excluding ortho intramolecular Hbond substituents is 4. The SMILES string of the molecule is O=C1c2c(O)cc(O)cc2O[C@]1(O)Cc1ccc(O)c(O)c1. The van der Waals surface area contributed by atoms with Crippen LogP contribution in [-0.4, -0.2) is 37.1 Å². The van der Waals surface area contributed by atoms with E-state index in [1.54, 1.807) is 0 Å². The van der Waals surface area contributed by atoms with Crippen LogP contribution in [0, 0.1) is 0 Å². The smallest absolute Gasteiger partial charge is 0.277 e. The fourth-order valence-corrected chi connectivity index (χ4v) is 2.39. The van der Waals surface area contributed by atoms with Crippen LogP contribution in [0.3, 0.4) is 0 Å². The van der Waals surface area contributed by atoms with Crippen LogP contribution in [0.15, 0.2) is 30.3 Å². The quantitative estimate of drug-likeness (QED) is 0.524. The minimum Gasteiger partial charge on any atom is -0.508 e. The predicted octanol–water partition coefficient (Wildman–Crippen LogP) is 1.02. The predicted molar refractivity (Wildman–Crippen MR) is 73.2 cm³/mol. The van der Waals surface area contributed by atoms with E-state index < -0.39 is 23.1 Å². The molecule has 0 saturated carbocycles. The minimum atomic E-state index is -2.27. The van der Waals surface area contributed by atoms with Crippen LogP contribution >= 0.6 is 0 Å². The van der Waals surface area contributed by atoms with Gasteiger partial charge in [0.25, 0.3) is 5.79 Å². The molecule has 0 bridgehead atoms. The summed E-state index contributed by atoms with van der Waals surface area (Å²) < 4.78 is 5.18. The molecule has 0 spiro atoms. The van der Waals surface area contributed by atoms with Gasteiger partial charge in [-0.05, 0) is 17.7 Å². The molecule has 7 nitrogen and oxygen atoms in total. The normalized spacial score (nSPS) is 19.8. The Morgan fingerprint density at radius 2 is 1.68 bits per heavy atom. The first kappa shape index (κ1) is 14.0. The number of Topliss-reactive ketones (excluding diaryl/α,β-unsaturated/α-hetero) is 1. The highest BCUT2D eigenvalue weighted by atomic mass is 16.6. The maximum Gasteiger partial charge on any atom is 0.277 e. The number of phenols is 4. The Labute approximate surface area is 124 Å². The Balaban J connectivity index is 1.96. The first-order valence-electron chi connectivity index (χ1n) is 6.33. The van der Waals surface area contributed by atoms with Gasteiger partial charge in [-0.25, -0.2) is 0 Å². The summed E-state index contributed by atoms with van der Waals surface area (Å²) >= 11 is 0. The maximum absolute atomic E-state index is 12.3. The van der Waals surface area contributed by atoms with Gasteiger partial charge in [0.15, 0.2) is 11.5 Å². The summed E-state index contributed by atoms with van der Waals surface area (Å²) in [5.74, 6) is -4.79. The van der Waals surface area contributed by atoms with Gasteiger partial charge in [-0.15, -0.1) is 0 Å². The third kappa shape index (κ3) is 2.08. The molecule has 0 aliphatic carbocycles. The van der Waals surface area contributed by atoms with Crippen LogP contribution in [0.1, 0.15) is 15.9 Å². The number of carbonyl (C=O) groups is 1. The van der Waals surface area contributed by atoms with Gasteiger partial charge in [-0.1, -0.05) is 6.07 Å². The van der Waals surface area contributed by atoms with Crippen molar-refractivity contribution >= 4 is 5.78 Å². The third-order valence-electron chi connectivity index (χ3n) is 3.41. The van der Waals surface area contributed by atoms with Gasteiger partial charge >= 0.3 is 0 Å². The fraction of sp³-hybridized carbons (Fsp3) is 0.133. The Hall–Kier alpha value is -2.93. The highest BCUT2D eigenvalue weighted by molar-refractivity contribution is 6.08. The number of carbonyl (C=O) groups excluding carboxylic acids is 1. The number of ketones is 1. The van der Waals surface area contributed by atoms with Crippen molar-refractivity contribution in [2.45, 2.75) is 12.2 Å². The van der Waals surface area contributed by atoms with Crippen molar-refractivity contribution in [3.8, 4) is 28.7 Å². The minimum absolute atomic E-state index is 0.131. The zero-order valence-corrected chi connectivity index (χ0v) is 11.1. The van der Waals surface area contributed by atoms with Crippen LogP contribution in [0.4, 0.5) is 0 Å². The lowest BCUT2D eigenvalue weighted by Crippen LogP contribution is -2.42. The zero-order valence-electron chi connectivity index (χ0n) is 11.1. The number of aromatic hydroxyl groups is 4. The average Bonchev–Trinajstić information content (AvgIpc) is 2.65. The number of ether oxygens (including phenoxy) is 1. The number of fused-ring (bicyclic) bond motifs is 1. The summed E-state index contributed by atoms with van der Waals surface area (Å²) in [5.41, 5.74) is 0.117. The number of hydrogen-bond donors (Lipinski definition) is 5. The molecule has 22 heavy (non-hydrogen) atoms. The standard InChI is InChI=1S/C15H12O7/c16-8-4-11(19)13-12(5-8)22-15(21,14(13)20)6-7-1-2-9(17)10(18)3-7/h1-5,16-19,21H,6H2/t15-/m1/s1. The summed E-state index contributed by atoms with van der Waals surface area (Å²) in [6.07, 6.45) is -0.311. The second-order valence-corrected chi connectivity index (χ2v) is 5.05. The second kappa shape index (κ2) is 4.54. The molecule has 0 fully saturated rings. The van der Waals surface area contributed by atoms with Crippen molar-refractivity contribution in [1.29, 1.82) is 0 Å². The molecule has 5 N–H and O–H groups in total. The van der Waals surface area contributed by atoms with E-state index in [1.807, 2.05) is 0 Å². The van der Waals surface area contributed by atoms with Crippen molar-refractivity contribution in [2.24, 2.45) is 0 Å². The molecule has 0 saturated heterocycles. The monoisotopic (exact) mass is 304 g/mol. The lowest BCUT2D eigenvalue weighted by atomic mass is 9.98. The first-order chi connectivity index (χ1) is 10.3. The summed E-state index contributed by atoms with van der Waals surface area (Å²) in [6.45, 7) is 0. The molecule has 0 aromatic heterocycles. The molecule has 114 valence electrons. The van der Waals surface area contributed by atoms with Gasteiger partial charge in [0.05, 0.1) is 0 Å². The summed E-state index contributed by atoms with van der Waals surface area (Å²) in [4.78, 5) is 12.3. The second-order valence-electron chi connectivity index (χ2n) is 5.05. The molecule has 0 unspecified atom stereocenters. The van der Waals surface area contributed by atoms with E-state index in [0.29, 0.717) is 5.56 Å². The van der Waals surface area contributed by atoms with Crippen molar-refractivity contribution in [2.75, 3.05) is 0 Å². The van der Waals surface area contributed by atoms with E-state index in [9.17, 15) is 30.3 Å². The van der Waals surface area contributed by atoms with E-state index in [4.69, 9.17) is 4.74 Å². The number of rotatable bonds is 2.